The van der Waals surface area contributed by atoms with Crippen LogP contribution in [0.15, 0.2) is 18.2 Å². The molecule has 0 aliphatic carbocycles. The smallest absolute Gasteiger partial charge is 0.238 e. The quantitative estimate of drug-likeness (QED) is 0.923. The molecule has 1 heterocycles. The maximum Gasteiger partial charge on any atom is 0.238 e. The Bertz CT molecular complexity index is 459. The molecule has 1 aliphatic heterocycles. The van der Waals surface area contributed by atoms with Gasteiger partial charge in [0.2, 0.25) is 5.91 Å². The standard InChI is InChI=1S/C15H20ClFN2O/c16-12-6-7-13(17)14(10-12)18-15(20)11-19-8-4-2-1-3-5-9-19/h6-7,10H,1-5,8-9,11H2,(H,18,20). The van der Waals surface area contributed by atoms with Crippen molar-refractivity contribution in [3.8, 4) is 0 Å². The van der Waals surface area contributed by atoms with E-state index in [1.54, 1.807) is 0 Å². The lowest BCUT2D eigenvalue weighted by Gasteiger charge is -2.23. The fourth-order valence-corrected chi connectivity index (χ4v) is 2.63. The molecule has 1 aliphatic rings. The van der Waals surface area contributed by atoms with Crippen LogP contribution in [0, 0.1) is 5.82 Å². The molecular weight excluding hydrogens is 279 g/mol. The number of benzene rings is 1. The summed E-state index contributed by atoms with van der Waals surface area (Å²) < 4.78 is 13.5. The number of halogens is 2. The minimum Gasteiger partial charge on any atom is -0.322 e. The molecule has 2 rings (SSSR count). The van der Waals surface area contributed by atoms with E-state index in [0.717, 1.165) is 25.9 Å². The molecule has 0 radical (unpaired) electrons. The molecule has 1 N–H and O–H groups in total. The van der Waals surface area contributed by atoms with Crippen LogP contribution >= 0.6 is 11.6 Å². The summed E-state index contributed by atoms with van der Waals surface area (Å²) in [6.45, 7) is 2.18. The van der Waals surface area contributed by atoms with Crippen molar-refractivity contribution in [2.75, 3.05) is 25.0 Å². The van der Waals surface area contributed by atoms with E-state index in [9.17, 15) is 9.18 Å². The van der Waals surface area contributed by atoms with Gasteiger partial charge in [0.05, 0.1) is 12.2 Å². The number of hydrogen-bond donors (Lipinski definition) is 1. The lowest BCUT2D eigenvalue weighted by Crippen LogP contribution is -2.35. The van der Waals surface area contributed by atoms with Gasteiger partial charge in [0.1, 0.15) is 5.82 Å². The van der Waals surface area contributed by atoms with Crippen molar-refractivity contribution >= 4 is 23.2 Å². The van der Waals surface area contributed by atoms with Gasteiger partial charge in [-0.15, -0.1) is 0 Å². The van der Waals surface area contributed by atoms with Crippen LogP contribution in [0.25, 0.3) is 0 Å². The molecule has 3 nitrogen and oxygen atoms in total. The van der Waals surface area contributed by atoms with Gasteiger partial charge in [-0.1, -0.05) is 30.9 Å². The number of hydrogen-bond acceptors (Lipinski definition) is 2. The van der Waals surface area contributed by atoms with Gasteiger partial charge in [-0.25, -0.2) is 4.39 Å². The molecule has 5 heteroatoms. The summed E-state index contributed by atoms with van der Waals surface area (Å²) in [5.41, 5.74) is 0.148. The van der Waals surface area contributed by atoms with Crippen molar-refractivity contribution in [2.45, 2.75) is 32.1 Å². The van der Waals surface area contributed by atoms with Crippen molar-refractivity contribution in [2.24, 2.45) is 0 Å². The second-order valence-corrected chi connectivity index (χ2v) is 5.65. The monoisotopic (exact) mass is 298 g/mol. The van der Waals surface area contributed by atoms with E-state index >= 15 is 0 Å². The summed E-state index contributed by atoms with van der Waals surface area (Å²) in [6.07, 6.45) is 5.98. The molecule has 1 fully saturated rings. The molecule has 0 aromatic heterocycles. The van der Waals surface area contributed by atoms with E-state index in [2.05, 4.69) is 10.2 Å². The van der Waals surface area contributed by atoms with E-state index in [4.69, 9.17) is 11.6 Å². The van der Waals surface area contributed by atoms with E-state index in [0.29, 0.717) is 11.6 Å². The normalized spacial score (nSPS) is 17.3. The topological polar surface area (TPSA) is 32.3 Å². The minimum atomic E-state index is -0.463. The highest BCUT2D eigenvalue weighted by molar-refractivity contribution is 6.30. The average Bonchev–Trinajstić information content (AvgIpc) is 2.37. The Kier molecular flexibility index (Phi) is 5.80. The van der Waals surface area contributed by atoms with Crippen LogP contribution in [-0.2, 0) is 4.79 Å². The fourth-order valence-electron chi connectivity index (χ4n) is 2.46. The molecular formula is C15H20ClFN2O. The number of carbonyl (C=O) groups is 1. The number of carbonyl (C=O) groups excluding carboxylic acids is 1. The van der Waals surface area contributed by atoms with Gasteiger partial charge < -0.3 is 5.32 Å². The Morgan fingerprint density at radius 2 is 1.85 bits per heavy atom. The van der Waals surface area contributed by atoms with Crippen molar-refractivity contribution in [3.05, 3.63) is 29.0 Å². The van der Waals surface area contributed by atoms with Gasteiger partial charge in [0, 0.05) is 5.02 Å². The van der Waals surface area contributed by atoms with Crippen molar-refractivity contribution in [1.29, 1.82) is 0 Å². The van der Waals surface area contributed by atoms with Crippen molar-refractivity contribution in [1.82, 2.24) is 4.90 Å². The van der Waals surface area contributed by atoms with Gasteiger partial charge in [0.25, 0.3) is 0 Å². The first kappa shape index (κ1) is 15.3. The van der Waals surface area contributed by atoms with Crippen LogP contribution in [0.4, 0.5) is 10.1 Å². The highest BCUT2D eigenvalue weighted by atomic mass is 35.5. The molecule has 110 valence electrons. The Labute approximate surface area is 124 Å². The zero-order valence-electron chi connectivity index (χ0n) is 11.5. The molecule has 0 unspecified atom stereocenters. The van der Waals surface area contributed by atoms with E-state index in [1.165, 1.54) is 37.5 Å². The van der Waals surface area contributed by atoms with E-state index in [1.807, 2.05) is 0 Å². The Morgan fingerprint density at radius 1 is 1.20 bits per heavy atom. The lowest BCUT2D eigenvalue weighted by atomic mass is 10.1. The molecule has 0 bridgehead atoms. The van der Waals surface area contributed by atoms with Gasteiger partial charge >= 0.3 is 0 Å². The molecule has 1 aromatic rings. The number of nitrogens with one attached hydrogen (secondary N) is 1. The largest absolute Gasteiger partial charge is 0.322 e. The van der Waals surface area contributed by atoms with Gasteiger partial charge in [-0.05, 0) is 44.1 Å². The summed E-state index contributed by atoms with van der Waals surface area (Å²) in [5.74, 6) is -0.651. The highest BCUT2D eigenvalue weighted by Crippen LogP contribution is 2.19. The third kappa shape index (κ3) is 4.76. The molecule has 1 amide bonds. The zero-order chi connectivity index (χ0) is 14.4. The summed E-state index contributed by atoms with van der Waals surface area (Å²) in [7, 11) is 0. The van der Waals surface area contributed by atoms with Crippen LogP contribution in [-0.4, -0.2) is 30.4 Å². The summed E-state index contributed by atoms with van der Waals surface area (Å²) in [6, 6.07) is 4.15. The van der Waals surface area contributed by atoms with E-state index in [-0.39, 0.29) is 11.6 Å². The fraction of sp³-hybridized carbons (Fsp3) is 0.533. The summed E-state index contributed by atoms with van der Waals surface area (Å²) in [4.78, 5) is 14.1. The second-order valence-electron chi connectivity index (χ2n) is 5.22. The van der Waals surface area contributed by atoms with Crippen molar-refractivity contribution in [3.63, 3.8) is 0 Å². The first-order valence-electron chi connectivity index (χ1n) is 7.12. The van der Waals surface area contributed by atoms with Crippen LogP contribution in [0.1, 0.15) is 32.1 Å². The van der Waals surface area contributed by atoms with Gasteiger partial charge in [0.15, 0.2) is 0 Å². The molecule has 0 atom stereocenters. The van der Waals surface area contributed by atoms with Crippen LogP contribution in [0.5, 0.6) is 0 Å². The second kappa shape index (κ2) is 7.60. The summed E-state index contributed by atoms with van der Waals surface area (Å²) in [5, 5.41) is 3.00. The zero-order valence-corrected chi connectivity index (χ0v) is 12.3. The Hall–Kier alpha value is -1.13. The van der Waals surface area contributed by atoms with Crippen LogP contribution in [0.2, 0.25) is 5.02 Å². The maximum absolute atomic E-state index is 13.5. The number of anilines is 1. The van der Waals surface area contributed by atoms with Crippen LogP contribution < -0.4 is 5.32 Å². The van der Waals surface area contributed by atoms with Gasteiger partial charge in [-0.3, -0.25) is 9.69 Å². The third-order valence-corrected chi connectivity index (χ3v) is 3.75. The van der Waals surface area contributed by atoms with Gasteiger partial charge in [-0.2, -0.15) is 0 Å². The molecule has 0 saturated carbocycles. The number of rotatable bonds is 3. The molecule has 20 heavy (non-hydrogen) atoms. The number of likely N-dealkylation sites (tertiary alicyclic amines) is 1. The first-order valence-corrected chi connectivity index (χ1v) is 7.50. The third-order valence-electron chi connectivity index (χ3n) is 3.52. The molecule has 0 spiro atoms. The molecule has 1 saturated heterocycles. The van der Waals surface area contributed by atoms with E-state index < -0.39 is 5.82 Å². The Morgan fingerprint density at radius 3 is 2.55 bits per heavy atom. The minimum absolute atomic E-state index is 0.148. The SMILES string of the molecule is O=C(CN1CCCCCCC1)Nc1cc(Cl)ccc1F. The summed E-state index contributed by atoms with van der Waals surface area (Å²) >= 11 is 5.80. The van der Waals surface area contributed by atoms with Crippen LogP contribution in [0.3, 0.4) is 0 Å². The predicted molar refractivity (Wildman–Crippen MR) is 79.6 cm³/mol. The first-order chi connectivity index (χ1) is 9.65. The molecule has 1 aromatic carbocycles. The number of nitrogens with zero attached hydrogens (tertiary/aromatic N) is 1. The lowest BCUT2D eigenvalue weighted by molar-refractivity contribution is -0.117. The number of amides is 1. The Balaban J connectivity index is 1.89. The highest BCUT2D eigenvalue weighted by Gasteiger charge is 2.13. The maximum atomic E-state index is 13.5. The van der Waals surface area contributed by atoms with Crippen molar-refractivity contribution < 1.29 is 9.18 Å². The average molecular weight is 299 g/mol. The predicted octanol–water partition coefficient (Wildman–Crippen LogP) is 3.68.